The highest BCUT2D eigenvalue weighted by Crippen LogP contribution is 2.22. The van der Waals surface area contributed by atoms with Gasteiger partial charge in [0.05, 0.1) is 11.3 Å². The predicted molar refractivity (Wildman–Crippen MR) is 74.7 cm³/mol. The number of amides is 1. The summed E-state index contributed by atoms with van der Waals surface area (Å²) in [5.74, 6) is -0.768. The number of hydrogen-bond donors (Lipinski definition) is 1. The number of rotatable bonds is 2. The number of benzene rings is 2. The number of aryl methyl sites for hydroxylation is 1. The predicted octanol–water partition coefficient (Wildman–Crippen LogP) is 2.99. The summed E-state index contributed by atoms with van der Waals surface area (Å²) in [5, 5.41) is 0. The van der Waals surface area contributed by atoms with Crippen LogP contribution in [-0.2, 0) is 0 Å². The van der Waals surface area contributed by atoms with E-state index in [9.17, 15) is 9.18 Å². The second-order valence-electron chi connectivity index (χ2n) is 4.41. The third-order valence-electron chi connectivity index (χ3n) is 2.96. The third-order valence-corrected chi connectivity index (χ3v) is 2.96. The molecule has 98 valence electrons. The summed E-state index contributed by atoms with van der Waals surface area (Å²) in [7, 11) is 1.53. The average molecular weight is 258 g/mol. The number of halogens is 1. The maximum absolute atomic E-state index is 13.7. The summed E-state index contributed by atoms with van der Waals surface area (Å²) in [6.45, 7) is 1.87. The van der Waals surface area contributed by atoms with Crippen LogP contribution in [0, 0.1) is 12.7 Å². The number of hydrogen-bond acceptors (Lipinski definition) is 2. The number of nitrogens with two attached hydrogens (primary N) is 1. The zero-order chi connectivity index (χ0) is 14.0. The number of anilines is 2. The van der Waals surface area contributed by atoms with Crippen LogP contribution in [0.15, 0.2) is 42.5 Å². The third kappa shape index (κ3) is 2.57. The normalized spacial score (nSPS) is 10.3. The second kappa shape index (κ2) is 5.10. The molecule has 1 amide bonds. The maximum Gasteiger partial charge on any atom is 0.260 e. The van der Waals surface area contributed by atoms with Crippen molar-refractivity contribution in [2.75, 3.05) is 17.7 Å². The molecule has 2 aromatic carbocycles. The van der Waals surface area contributed by atoms with E-state index in [1.165, 1.54) is 18.0 Å². The standard InChI is InChI=1S/C15H15FN2O/c1-10-7-8-13(17)11(9-10)15(19)18(2)14-6-4-3-5-12(14)16/h3-9H,17H2,1-2H3. The van der Waals surface area contributed by atoms with E-state index >= 15 is 0 Å². The number of carbonyl (C=O) groups is 1. The van der Waals surface area contributed by atoms with Crippen LogP contribution >= 0.6 is 0 Å². The molecule has 3 nitrogen and oxygen atoms in total. The summed E-state index contributed by atoms with van der Waals surface area (Å²) in [6, 6.07) is 11.3. The van der Waals surface area contributed by atoms with Crippen molar-refractivity contribution >= 4 is 17.3 Å². The summed E-state index contributed by atoms with van der Waals surface area (Å²) < 4.78 is 13.7. The molecule has 0 saturated carbocycles. The smallest absolute Gasteiger partial charge is 0.260 e. The average Bonchev–Trinajstić information content (AvgIpc) is 2.40. The van der Waals surface area contributed by atoms with Crippen LogP contribution in [0.3, 0.4) is 0 Å². The fourth-order valence-electron chi connectivity index (χ4n) is 1.87. The number of carbonyl (C=O) groups excluding carboxylic acids is 1. The molecule has 19 heavy (non-hydrogen) atoms. The van der Waals surface area contributed by atoms with Gasteiger partial charge in [0.1, 0.15) is 5.82 Å². The molecule has 0 bridgehead atoms. The van der Waals surface area contributed by atoms with Crippen molar-refractivity contribution in [3.05, 3.63) is 59.4 Å². The minimum Gasteiger partial charge on any atom is -0.398 e. The topological polar surface area (TPSA) is 46.3 Å². The highest BCUT2D eigenvalue weighted by atomic mass is 19.1. The van der Waals surface area contributed by atoms with E-state index in [1.54, 1.807) is 30.3 Å². The molecule has 0 saturated heterocycles. The number of para-hydroxylation sites is 1. The highest BCUT2D eigenvalue weighted by molar-refractivity contribution is 6.09. The van der Waals surface area contributed by atoms with Crippen molar-refractivity contribution in [3.8, 4) is 0 Å². The minimum atomic E-state index is -0.440. The van der Waals surface area contributed by atoms with Gasteiger partial charge in [-0.15, -0.1) is 0 Å². The molecule has 0 radical (unpaired) electrons. The van der Waals surface area contributed by atoms with E-state index in [1.807, 2.05) is 13.0 Å². The first-order valence-electron chi connectivity index (χ1n) is 5.89. The largest absolute Gasteiger partial charge is 0.398 e. The van der Waals surface area contributed by atoms with Crippen molar-refractivity contribution in [2.45, 2.75) is 6.92 Å². The first-order valence-corrected chi connectivity index (χ1v) is 5.89. The highest BCUT2D eigenvalue weighted by Gasteiger charge is 2.18. The van der Waals surface area contributed by atoms with Gasteiger partial charge in [-0.1, -0.05) is 23.8 Å². The SMILES string of the molecule is Cc1ccc(N)c(C(=O)N(C)c2ccccc2F)c1. The monoisotopic (exact) mass is 258 g/mol. The van der Waals surface area contributed by atoms with Crippen LogP contribution in [0.4, 0.5) is 15.8 Å². The van der Waals surface area contributed by atoms with E-state index in [-0.39, 0.29) is 11.6 Å². The Balaban J connectivity index is 2.39. The molecular weight excluding hydrogens is 243 g/mol. The first kappa shape index (κ1) is 13.1. The van der Waals surface area contributed by atoms with Gasteiger partial charge < -0.3 is 10.6 Å². The van der Waals surface area contributed by atoms with Gasteiger partial charge in [0, 0.05) is 12.7 Å². The van der Waals surface area contributed by atoms with Crippen molar-refractivity contribution in [3.63, 3.8) is 0 Å². The van der Waals surface area contributed by atoms with Gasteiger partial charge in [-0.3, -0.25) is 4.79 Å². The van der Waals surface area contributed by atoms with Crippen LogP contribution in [-0.4, -0.2) is 13.0 Å². The summed E-state index contributed by atoms with van der Waals surface area (Å²) in [6.07, 6.45) is 0. The molecule has 0 heterocycles. The lowest BCUT2D eigenvalue weighted by Gasteiger charge is -2.19. The van der Waals surface area contributed by atoms with Gasteiger partial charge in [0.15, 0.2) is 0 Å². The Bertz CT molecular complexity index is 625. The Morgan fingerprint density at radius 1 is 1.21 bits per heavy atom. The van der Waals surface area contributed by atoms with Crippen molar-refractivity contribution in [1.82, 2.24) is 0 Å². The van der Waals surface area contributed by atoms with Crippen LogP contribution in [0.1, 0.15) is 15.9 Å². The van der Waals surface area contributed by atoms with Crippen molar-refractivity contribution < 1.29 is 9.18 Å². The lowest BCUT2D eigenvalue weighted by atomic mass is 10.1. The summed E-state index contributed by atoms with van der Waals surface area (Å²) in [4.78, 5) is 13.6. The molecule has 4 heteroatoms. The molecule has 0 aromatic heterocycles. The second-order valence-corrected chi connectivity index (χ2v) is 4.41. The summed E-state index contributed by atoms with van der Waals surface area (Å²) in [5.41, 5.74) is 7.73. The maximum atomic E-state index is 13.7. The lowest BCUT2D eigenvalue weighted by Crippen LogP contribution is -2.27. The molecule has 2 rings (SSSR count). The lowest BCUT2D eigenvalue weighted by molar-refractivity contribution is 0.0993. The molecule has 0 aliphatic heterocycles. The van der Waals surface area contributed by atoms with Gasteiger partial charge in [0.25, 0.3) is 5.91 Å². The van der Waals surface area contributed by atoms with Gasteiger partial charge in [-0.2, -0.15) is 0 Å². The Hall–Kier alpha value is -2.36. The zero-order valence-electron chi connectivity index (χ0n) is 10.9. The molecule has 0 spiro atoms. The Morgan fingerprint density at radius 2 is 1.89 bits per heavy atom. The quantitative estimate of drug-likeness (QED) is 0.842. The molecule has 0 fully saturated rings. The Kier molecular flexibility index (Phi) is 3.51. The molecule has 2 aromatic rings. The van der Waals surface area contributed by atoms with E-state index in [0.29, 0.717) is 11.3 Å². The minimum absolute atomic E-state index is 0.230. The fraction of sp³-hybridized carbons (Fsp3) is 0.133. The van der Waals surface area contributed by atoms with Crippen LogP contribution in [0.2, 0.25) is 0 Å². The molecule has 0 unspecified atom stereocenters. The number of nitrogen functional groups attached to an aromatic ring is 1. The van der Waals surface area contributed by atoms with E-state index < -0.39 is 5.82 Å². The van der Waals surface area contributed by atoms with E-state index in [0.717, 1.165) is 5.56 Å². The van der Waals surface area contributed by atoms with Crippen LogP contribution < -0.4 is 10.6 Å². The van der Waals surface area contributed by atoms with E-state index in [4.69, 9.17) is 5.73 Å². The van der Waals surface area contributed by atoms with Crippen LogP contribution in [0.25, 0.3) is 0 Å². The molecule has 0 aliphatic carbocycles. The van der Waals surface area contributed by atoms with Gasteiger partial charge in [-0.25, -0.2) is 4.39 Å². The molecule has 0 atom stereocenters. The first-order chi connectivity index (χ1) is 9.00. The van der Waals surface area contributed by atoms with Crippen molar-refractivity contribution in [1.29, 1.82) is 0 Å². The van der Waals surface area contributed by atoms with Gasteiger partial charge >= 0.3 is 0 Å². The van der Waals surface area contributed by atoms with Crippen LogP contribution in [0.5, 0.6) is 0 Å². The zero-order valence-corrected chi connectivity index (χ0v) is 10.9. The number of nitrogens with zero attached hydrogens (tertiary/aromatic N) is 1. The summed E-state index contributed by atoms with van der Waals surface area (Å²) >= 11 is 0. The van der Waals surface area contributed by atoms with Gasteiger partial charge in [0.2, 0.25) is 0 Å². The van der Waals surface area contributed by atoms with Crippen molar-refractivity contribution in [2.24, 2.45) is 0 Å². The molecule has 0 aliphatic rings. The van der Waals surface area contributed by atoms with Gasteiger partial charge in [-0.05, 0) is 31.2 Å². The fourth-order valence-corrected chi connectivity index (χ4v) is 1.87. The van der Waals surface area contributed by atoms with E-state index in [2.05, 4.69) is 0 Å². The Labute approximate surface area is 111 Å². The Morgan fingerprint density at radius 3 is 2.58 bits per heavy atom. The molecular formula is C15H15FN2O. The molecule has 2 N–H and O–H groups in total.